The van der Waals surface area contributed by atoms with E-state index in [1.807, 2.05) is 30.3 Å². The molecule has 0 radical (unpaired) electrons. The predicted octanol–water partition coefficient (Wildman–Crippen LogP) is 3.60. The van der Waals surface area contributed by atoms with Crippen LogP contribution in [0.25, 0.3) is 5.65 Å². The van der Waals surface area contributed by atoms with Crippen LogP contribution in [-0.4, -0.2) is 39.0 Å². The van der Waals surface area contributed by atoms with Gasteiger partial charge in [0.1, 0.15) is 23.0 Å². The first-order chi connectivity index (χ1) is 14.7. The summed E-state index contributed by atoms with van der Waals surface area (Å²) in [6.45, 7) is 7.26. The van der Waals surface area contributed by atoms with E-state index in [0.717, 1.165) is 5.56 Å². The van der Waals surface area contributed by atoms with Crippen molar-refractivity contribution in [2.45, 2.75) is 52.0 Å². The fourth-order valence-corrected chi connectivity index (χ4v) is 3.14. The third-order valence-electron chi connectivity index (χ3n) is 4.57. The number of fused-ring (bicyclic) bond motifs is 1. The second-order valence-electron chi connectivity index (χ2n) is 8.26. The van der Waals surface area contributed by atoms with E-state index in [1.54, 1.807) is 56.5 Å². The number of hydrogen-bond donors (Lipinski definition) is 2. The van der Waals surface area contributed by atoms with Crippen LogP contribution >= 0.6 is 0 Å². The van der Waals surface area contributed by atoms with Gasteiger partial charge in [0.15, 0.2) is 5.82 Å². The number of amides is 1. The summed E-state index contributed by atoms with van der Waals surface area (Å²) in [5.41, 5.74) is 7.02. The molecule has 0 fully saturated rings. The Morgan fingerprint density at radius 2 is 1.81 bits per heavy atom. The highest BCUT2D eigenvalue weighted by molar-refractivity contribution is 6.04. The molecule has 0 unspecified atom stereocenters. The molecule has 3 aromatic rings. The Kier molecular flexibility index (Phi) is 6.60. The molecule has 8 nitrogen and oxygen atoms in total. The molecule has 0 spiro atoms. The smallest absolute Gasteiger partial charge is 0.408 e. The zero-order valence-corrected chi connectivity index (χ0v) is 18.2. The lowest BCUT2D eigenvalue weighted by atomic mass is 10.0. The van der Waals surface area contributed by atoms with Crippen LogP contribution in [0.4, 0.5) is 10.6 Å². The summed E-state index contributed by atoms with van der Waals surface area (Å²) in [5.74, 6) is -0.329. The topological polar surface area (TPSA) is 108 Å². The van der Waals surface area contributed by atoms with Gasteiger partial charge in [-0.1, -0.05) is 36.4 Å². The van der Waals surface area contributed by atoms with E-state index in [1.165, 1.54) is 0 Å². The molecule has 8 heteroatoms. The zero-order valence-electron chi connectivity index (χ0n) is 18.2. The largest absolute Gasteiger partial charge is 0.444 e. The average molecular weight is 425 g/mol. The van der Waals surface area contributed by atoms with Crippen molar-refractivity contribution in [2.75, 3.05) is 5.73 Å². The predicted molar refractivity (Wildman–Crippen MR) is 118 cm³/mol. The number of nitrogens with zero attached hydrogens (tertiary/aromatic N) is 2. The maximum Gasteiger partial charge on any atom is 0.408 e. The van der Waals surface area contributed by atoms with Crippen molar-refractivity contribution in [1.82, 2.24) is 14.7 Å². The standard InChI is InChI=1S/C23H28N4O4/c1-15(30-14-16-10-6-5-7-11-16)18(26-22(29)31-23(2,3)4)20(28)19-21(24)25-17-12-8-9-13-27(17)19/h5-13,15,18H,14,24H2,1-4H3,(H,26,29)/t15-,18+/m1/s1. The van der Waals surface area contributed by atoms with Crippen LogP contribution < -0.4 is 11.1 Å². The van der Waals surface area contributed by atoms with Crippen molar-refractivity contribution in [2.24, 2.45) is 0 Å². The molecule has 1 aromatic carbocycles. The molecule has 0 saturated heterocycles. The van der Waals surface area contributed by atoms with Gasteiger partial charge in [0.05, 0.1) is 12.7 Å². The van der Waals surface area contributed by atoms with E-state index in [2.05, 4.69) is 10.3 Å². The zero-order chi connectivity index (χ0) is 22.6. The molecule has 0 aliphatic rings. The summed E-state index contributed by atoms with van der Waals surface area (Å²) in [6.07, 6.45) is 0.327. The molecule has 1 amide bonds. The molecular weight excluding hydrogens is 396 g/mol. The molecule has 0 saturated carbocycles. The molecule has 0 aliphatic carbocycles. The van der Waals surface area contributed by atoms with E-state index in [4.69, 9.17) is 15.2 Å². The number of benzene rings is 1. The minimum atomic E-state index is -1.03. The normalized spacial score (nSPS) is 13.5. The maximum absolute atomic E-state index is 13.5. The molecule has 3 rings (SSSR count). The van der Waals surface area contributed by atoms with Crippen LogP contribution in [0.15, 0.2) is 54.7 Å². The monoisotopic (exact) mass is 424 g/mol. The van der Waals surface area contributed by atoms with Gasteiger partial charge in [0, 0.05) is 6.20 Å². The van der Waals surface area contributed by atoms with Crippen molar-refractivity contribution in [3.8, 4) is 0 Å². The number of carbonyl (C=O) groups is 2. The molecular formula is C23H28N4O4. The number of pyridine rings is 1. The van der Waals surface area contributed by atoms with E-state index >= 15 is 0 Å². The molecule has 3 N–H and O–H groups in total. The summed E-state index contributed by atoms with van der Waals surface area (Å²) in [7, 11) is 0. The summed E-state index contributed by atoms with van der Waals surface area (Å²) in [5, 5.41) is 2.66. The van der Waals surface area contributed by atoms with E-state index in [9.17, 15) is 9.59 Å². The van der Waals surface area contributed by atoms with Crippen molar-refractivity contribution >= 4 is 23.3 Å². The third-order valence-corrected chi connectivity index (χ3v) is 4.57. The van der Waals surface area contributed by atoms with Gasteiger partial charge in [0.2, 0.25) is 5.78 Å². The average Bonchev–Trinajstić information content (AvgIpc) is 3.05. The second kappa shape index (κ2) is 9.18. The molecule has 2 atom stereocenters. The Hall–Kier alpha value is -3.39. The third kappa shape index (κ3) is 5.61. The van der Waals surface area contributed by atoms with Crippen molar-refractivity contribution in [3.05, 3.63) is 66.0 Å². The van der Waals surface area contributed by atoms with E-state index < -0.39 is 29.6 Å². The number of nitrogen functional groups attached to an aromatic ring is 1. The second-order valence-corrected chi connectivity index (χ2v) is 8.26. The SMILES string of the molecule is C[C@@H](OCc1ccccc1)[C@H](NC(=O)OC(C)(C)C)C(=O)c1c(N)nc2ccccn12. The Morgan fingerprint density at radius 3 is 2.48 bits per heavy atom. The Labute approximate surface area is 181 Å². The molecule has 31 heavy (non-hydrogen) atoms. The summed E-state index contributed by atoms with van der Waals surface area (Å²) in [4.78, 5) is 30.2. The van der Waals surface area contributed by atoms with Crippen LogP contribution in [0, 0.1) is 0 Å². The highest BCUT2D eigenvalue weighted by Crippen LogP contribution is 2.19. The van der Waals surface area contributed by atoms with Gasteiger partial charge in [-0.15, -0.1) is 0 Å². The van der Waals surface area contributed by atoms with Crippen LogP contribution in [0.1, 0.15) is 43.7 Å². The molecule has 2 heterocycles. The van der Waals surface area contributed by atoms with Crippen molar-refractivity contribution in [3.63, 3.8) is 0 Å². The number of rotatable bonds is 7. The first-order valence-electron chi connectivity index (χ1n) is 10.1. The number of Topliss-reactive ketones (excluding diaryl/α,β-unsaturated/α-hetero) is 1. The Balaban J connectivity index is 1.87. The lowest BCUT2D eigenvalue weighted by Gasteiger charge is -2.26. The number of ether oxygens (including phenoxy) is 2. The summed E-state index contributed by atoms with van der Waals surface area (Å²) in [6, 6.07) is 13.9. The van der Waals surface area contributed by atoms with Crippen LogP contribution in [0.3, 0.4) is 0 Å². The Bertz CT molecular complexity index is 1060. The number of imidazole rings is 1. The quantitative estimate of drug-likeness (QED) is 0.561. The van der Waals surface area contributed by atoms with Crippen LogP contribution in [0.2, 0.25) is 0 Å². The van der Waals surface area contributed by atoms with Crippen LogP contribution in [0.5, 0.6) is 0 Å². The maximum atomic E-state index is 13.5. The fourth-order valence-electron chi connectivity index (χ4n) is 3.14. The van der Waals surface area contributed by atoms with Gasteiger partial charge in [-0.25, -0.2) is 9.78 Å². The number of anilines is 1. The van der Waals surface area contributed by atoms with Gasteiger partial charge in [-0.05, 0) is 45.4 Å². The van der Waals surface area contributed by atoms with Crippen molar-refractivity contribution < 1.29 is 19.1 Å². The summed E-state index contributed by atoms with van der Waals surface area (Å²) < 4.78 is 12.9. The number of nitrogens with one attached hydrogen (secondary N) is 1. The number of ketones is 1. The Morgan fingerprint density at radius 1 is 1.13 bits per heavy atom. The number of aromatic nitrogens is 2. The minimum absolute atomic E-state index is 0.0856. The van der Waals surface area contributed by atoms with E-state index in [-0.39, 0.29) is 18.1 Å². The lowest BCUT2D eigenvalue weighted by molar-refractivity contribution is 0.0155. The highest BCUT2D eigenvalue weighted by atomic mass is 16.6. The molecule has 0 bridgehead atoms. The number of alkyl carbamates (subject to hydrolysis) is 1. The minimum Gasteiger partial charge on any atom is -0.444 e. The first-order valence-corrected chi connectivity index (χ1v) is 10.1. The molecule has 0 aliphatic heterocycles. The van der Waals surface area contributed by atoms with Gasteiger partial charge < -0.3 is 20.5 Å². The van der Waals surface area contributed by atoms with Gasteiger partial charge in [-0.3, -0.25) is 9.20 Å². The number of carbonyl (C=O) groups excluding carboxylic acids is 2. The van der Waals surface area contributed by atoms with Crippen LogP contribution in [-0.2, 0) is 16.1 Å². The summed E-state index contributed by atoms with van der Waals surface area (Å²) >= 11 is 0. The lowest BCUT2D eigenvalue weighted by Crippen LogP contribution is -2.50. The van der Waals surface area contributed by atoms with E-state index in [0.29, 0.717) is 5.65 Å². The number of hydrogen-bond acceptors (Lipinski definition) is 6. The molecule has 164 valence electrons. The highest BCUT2D eigenvalue weighted by Gasteiger charge is 2.33. The fraction of sp³-hybridized carbons (Fsp3) is 0.348. The first kappa shape index (κ1) is 22.3. The van der Waals surface area contributed by atoms with Gasteiger partial charge in [-0.2, -0.15) is 0 Å². The van der Waals surface area contributed by atoms with Gasteiger partial charge in [0.25, 0.3) is 0 Å². The molecule has 2 aromatic heterocycles. The number of nitrogens with two attached hydrogens (primary N) is 1. The van der Waals surface area contributed by atoms with Crippen molar-refractivity contribution in [1.29, 1.82) is 0 Å². The van der Waals surface area contributed by atoms with Gasteiger partial charge >= 0.3 is 6.09 Å².